The summed E-state index contributed by atoms with van der Waals surface area (Å²) in [5.74, 6) is 1.76. The lowest BCUT2D eigenvalue weighted by Gasteiger charge is -2.30. The first-order valence-corrected chi connectivity index (χ1v) is 12.6. The van der Waals surface area contributed by atoms with E-state index >= 15 is 0 Å². The van der Waals surface area contributed by atoms with Crippen molar-refractivity contribution in [2.24, 2.45) is 5.92 Å². The lowest BCUT2D eigenvalue weighted by atomic mass is 9.93. The molecule has 0 unspecified atom stereocenters. The molecule has 5 nitrogen and oxygen atoms in total. The summed E-state index contributed by atoms with van der Waals surface area (Å²) in [6, 6.07) is 25.0. The van der Waals surface area contributed by atoms with Crippen LogP contribution in [0.15, 0.2) is 79.0 Å². The normalized spacial score (nSPS) is 15.2. The number of benzene rings is 2. The number of pyridine rings is 2. The maximum atomic E-state index is 6.51. The van der Waals surface area contributed by atoms with E-state index in [1.54, 1.807) is 0 Å². The molecule has 5 aromatic rings. The van der Waals surface area contributed by atoms with E-state index in [-0.39, 0.29) is 0 Å². The van der Waals surface area contributed by atoms with Crippen molar-refractivity contribution in [1.82, 2.24) is 19.3 Å². The van der Waals surface area contributed by atoms with Crippen LogP contribution in [0.25, 0.3) is 38.9 Å². The van der Waals surface area contributed by atoms with E-state index in [1.807, 2.05) is 30.3 Å². The minimum Gasteiger partial charge on any atom is -0.397 e. The second-order valence-electron chi connectivity index (χ2n) is 9.61. The minimum absolute atomic E-state index is 0.657. The molecule has 0 radical (unpaired) electrons. The van der Waals surface area contributed by atoms with Crippen molar-refractivity contribution in [1.29, 1.82) is 0 Å². The number of nitrogens with two attached hydrogens (primary N) is 1. The van der Waals surface area contributed by atoms with Crippen LogP contribution in [0.3, 0.4) is 0 Å². The molecule has 2 N–H and O–H groups in total. The lowest BCUT2D eigenvalue weighted by molar-refractivity contribution is 0.191. The number of nitrogen functional groups attached to an aromatic ring is 1. The Bertz CT molecular complexity index is 1480. The van der Waals surface area contributed by atoms with Crippen LogP contribution in [0.4, 0.5) is 5.69 Å². The van der Waals surface area contributed by atoms with E-state index in [0.717, 1.165) is 63.4 Å². The van der Waals surface area contributed by atoms with E-state index in [0.29, 0.717) is 5.92 Å². The van der Waals surface area contributed by atoms with Crippen LogP contribution in [0.5, 0.6) is 0 Å². The second kappa shape index (κ2) is 9.16. The van der Waals surface area contributed by atoms with E-state index in [2.05, 4.69) is 64.9 Å². The number of likely N-dealkylation sites (tertiary alicyclic amines) is 1. The third-order valence-electron chi connectivity index (χ3n) is 7.43. The van der Waals surface area contributed by atoms with Crippen LogP contribution in [0.2, 0.25) is 0 Å². The van der Waals surface area contributed by atoms with Gasteiger partial charge >= 0.3 is 0 Å². The van der Waals surface area contributed by atoms with Crippen LogP contribution in [0, 0.1) is 5.92 Å². The van der Waals surface area contributed by atoms with Gasteiger partial charge in [0.25, 0.3) is 0 Å². The van der Waals surface area contributed by atoms with Gasteiger partial charge in [-0.25, -0.2) is 9.97 Å². The third kappa shape index (κ3) is 4.17. The van der Waals surface area contributed by atoms with Crippen LogP contribution in [0.1, 0.15) is 25.6 Å². The Balaban J connectivity index is 1.40. The smallest absolute Gasteiger partial charge is 0.114 e. The van der Waals surface area contributed by atoms with Crippen molar-refractivity contribution in [2.75, 3.05) is 25.4 Å². The van der Waals surface area contributed by atoms with Crippen molar-refractivity contribution in [3.63, 3.8) is 0 Å². The highest BCUT2D eigenvalue weighted by Crippen LogP contribution is 2.33. The molecule has 0 bridgehead atoms. The molecule has 6 rings (SSSR count). The number of hydrogen-bond acceptors (Lipinski definition) is 4. The summed E-state index contributed by atoms with van der Waals surface area (Å²) in [4.78, 5) is 12.7. The van der Waals surface area contributed by atoms with Crippen molar-refractivity contribution >= 4 is 22.1 Å². The summed E-state index contributed by atoms with van der Waals surface area (Å²) >= 11 is 0. The van der Waals surface area contributed by atoms with Crippen molar-refractivity contribution in [2.45, 2.75) is 26.2 Å². The Kier molecular flexibility index (Phi) is 5.71. The summed E-state index contributed by atoms with van der Waals surface area (Å²) in [6.45, 7) is 5.75. The van der Waals surface area contributed by atoms with E-state index in [9.17, 15) is 0 Å². The van der Waals surface area contributed by atoms with E-state index in [4.69, 9.17) is 15.7 Å². The van der Waals surface area contributed by atoms with Gasteiger partial charge in [0.05, 0.1) is 28.1 Å². The number of piperidine rings is 1. The number of nitrogens with zero attached hydrogens (tertiary/aromatic N) is 4. The van der Waals surface area contributed by atoms with Crippen molar-refractivity contribution < 1.29 is 0 Å². The highest BCUT2D eigenvalue weighted by molar-refractivity contribution is 5.92. The van der Waals surface area contributed by atoms with Gasteiger partial charge < -0.3 is 15.0 Å². The first-order valence-electron chi connectivity index (χ1n) is 12.6. The molecule has 4 heterocycles. The minimum atomic E-state index is 0.657. The maximum absolute atomic E-state index is 6.51. The third-order valence-corrected chi connectivity index (χ3v) is 7.43. The predicted molar refractivity (Wildman–Crippen MR) is 144 cm³/mol. The van der Waals surface area contributed by atoms with Crippen LogP contribution < -0.4 is 5.73 Å². The monoisotopic (exact) mass is 461 g/mol. The summed E-state index contributed by atoms with van der Waals surface area (Å²) in [5.41, 5.74) is 13.3. The molecule has 176 valence electrons. The highest BCUT2D eigenvalue weighted by Gasteiger charge is 2.22. The van der Waals surface area contributed by atoms with Crippen LogP contribution in [-0.4, -0.2) is 38.9 Å². The lowest BCUT2D eigenvalue weighted by Crippen LogP contribution is -2.34. The van der Waals surface area contributed by atoms with Gasteiger partial charge in [-0.15, -0.1) is 0 Å². The number of aromatic nitrogens is 3. The van der Waals surface area contributed by atoms with Gasteiger partial charge in [0.2, 0.25) is 0 Å². The fourth-order valence-corrected chi connectivity index (χ4v) is 5.37. The first kappa shape index (κ1) is 21.8. The predicted octanol–water partition coefficient (Wildman–Crippen LogP) is 6.07. The van der Waals surface area contributed by atoms with Gasteiger partial charge in [0.15, 0.2) is 0 Å². The number of anilines is 1. The number of imidazole rings is 1. The average molecular weight is 462 g/mol. The molecule has 35 heavy (non-hydrogen) atoms. The molecule has 3 aromatic heterocycles. The molecule has 0 atom stereocenters. The average Bonchev–Trinajstić information content (AvgIpc) is 3.28. The standard InChI is InChI=1S/C30H31N5/c1-2-34-17-14-21(15-18-34)19-28-33-29(30-25(31)9-6-16-35(28)30)24-11-10-23-12-13-26(32-27(23)20-24)22-7-4-3-5-8-22/h3-13,16,20-21H,2,14-15,17-19,31H2,1H3. The van der Waals surface area contributed by atoms with Crippen LogP contribution >= 0.6 is 0 Å². The summed E-state index contributed by atoms with van der Waals surface area (Å²) in [5, 5.41) is 1.12. The quantitative estimate of drug-likeness (QED) is 0.345. The summed E-state index contributed by atoms with van der Waals surface area (Å²) < 4.78 is 2.20. The molecule has 0 spiro atoms. The summed E-state index contributed by atoms with van der Waals surface area (Å²) in [7, 11) is 0. The number of hydrogen-bond donors (Lipinski definition) is 1. The van der Waals surface area contributed by atoms with Crippen LogP contribution in [-0.2, 0) is 6.42 Å². The van der Waals surface area contributed by atoms with Gasteiger partial charge in [0.1, 0.15) is 5.82 Å². The zero-order valence-electron chi connectivity index (χ0n) is 20.2. The SMILES string of the molecule is CCN1CCC(Cc2nc(-c3ccc4ccc(-c5ccccc5)nc4c3)c3c(N)cccn23)CC1. The summed E-state index contributed by atoms with van der Waals surface area (Å²) in [6.07, 6.45) is 5.53. The van der Waals surface area contributed by atoms with E-state index < -0.39 is 0 Å². The van der Waals surface area contributed by atoms with Gasteiger partial charge in [0, 0.05) is 29.1 Å². The number of fused-ring (bicyclic) bond motifs is 2. The first-order chi connectivity index (χ1) is 17.2. The fourth-order valence-electron chi connectivity index (χ4n) is 5.37. The molecule has 1 aliphatic heterocycles. The molecule has 0 saturated carbocycles. The highest BCUT2D eigenvalue weighted by atomic mass is 15.1. The maximum Gasteiger partial charge on any atom is 0.114 e. The Labute approximate surface area is 206 Å². The van der Waals surface area contributed by atoms with Crippen molar-refractivity contribution in [3.8, 4) is 22.5 Å². The zero-order chi connectivity index (χ0) is 23.8. The Morgan fingerprint density at radius 2 is 1.69 bits per heavy atom. The fraction of sp³-hybridized carbons (Fsp3) is 0.267. The Morgan fingerprint density at radius 3 is 2.49 bits per heavy atom. The molecule has 0 aliphatic carbocycles. The molecule has 1 aliphatic rings. The largest absolute Gasteiger partial charge is 0.397 e. The molecule has 5 heteroatoms. The molecular formula is C30H31N5. The topological polar surface area (TPSA) is 59.5 Å². The van der Waals surface area contributed by atoms with Gasteiger partial charge in [-0.3, -0.25) is 0 Å². The molecule has 1 saturated heterocycles. The van der Waals surface area contributed by atoms with Crippen molar-refractivity contribution in [3.05, 3.63) is 84.8 Å². The molecule has 0 amide bonds. The zero-order valence-corrected chi connectivity index (χ0v) is 20.2. The Hall–Kier alpha value is -3.70. The molecule has 1 fully saturated rings. The van der Waals surface area contributed by atoms with Gasteiger partial charge in [-0.05, 0) is 62.7 Å². The number of rotatable bonds is 5. The van der Waals surface area contributed by atoms with E-state index in [1.165, 1.54) is 25.9 Å². The molecular weight excluding hydrogens is 430 g/mol. The Morgan fingerprint density at radius 1 is 0.886 bits per heavy atom. The van der Waals surface area contributed by atoms with Gasteiger partial charge in [-0.1, -0.05) is 55.5 Å². The van der Waals surface area contributed by atoms with Gasteiger partial charge in [-0.2, -0.15) is 0 Å². The molecule has 2 aromatic carbocycles. The second-order valence-corrected chi connectivity index (χ2v) is 9.61.